The number of hydrogen-bond acceptors (Lipinski definition) is 4. The fourth-order valence-corrected chi connectivity index (χ4v) is 3.51. The van der Waals surface area contributed by atoms with E-state index < -0.39 is 6.04 Å². The lowest BCUT2D eigenvalue weighted by Crippen LogP contribution is -2.45. The Morgan fingerprint density at radius 3 is 2.50 bits per heavy atom. The molecule has 1 unspecified atom stereocenters. The fourth-order valence-electron chi connectivity index (χ4n) is 2.89. The van der Waals surface area contributed by atoms with Crippen molar-refractivity contribution in [3.8, 4) is 5.75 Å². The van der Waals surface area contributed by atoms with Crippen LogP contribution in [0.15, 0.2) is 66.0 Å². The van der Waals surface area contributed by atoms with Gasteiger partial charge in [0.25, 0.3) is 5.91 Å². The Balaban J connectivity index is 1.81. The molecule has 0 saturated heterocycles. The van der Waals surface area contributed by atoms with Crippen molar-refractivity contribution < 1.29 is 14.3 Å². The van der Waals surface area contributed by atoms with Gasteiger partial charge in [0.15, 0.2) is 0 Å². The standard InChI is InChI=1S/C22H22N2O3S/c1-15-17(10-6-11-19(15)27-2)23-21(25)18(14-16-8-4-3-5-9-16)24-22(26)20-12-7-13-28-20/h3-13,18H,14H2,1-2H3,(H,23,25)(H,24,26). The lowest BCUT2D eigenvalue weighted by Gasteiger charge is -2.19. The summed E-state index contributed by atoms with van der Waals surface area (Å²) in [7, 11) is 1.59. The van der Waals surface area contributed by atoms with Gasteiger partial charge >= 0.3 is 0 Å². The molecule has 1 atom stereocenters. The number of ether oxygens (including phenoxy) is 1. The molecule has 5 nitrogen and oxygen atoms in total. The van der Waals surface area contributed by atoms with Gasteiger partial charge in [-0.05, 0) is 36.1 Å². The summed E-state index contributed by atoms with van der Waals surface area (Å²) >= 11 is 1.34. The Bertz CT molecular complexity index is 940. The maximum absolute atomic E-state index is 13.0. The second-order valence-electron chi connectivity index (χ2n) is 6.32. The molecule has 2 N–H and O–H groups in total. The minimum atomic E-state index is -0.706. The molecule has 28 heavy (non-hydrogen) atoms. The highest BCUT2D eigenvalue weighted by atomic mass is 32.1. The summed E-state index contributed by atoms with van der Waals surface area (Å²) in [5, 5.41) is 7.62. The number of hydrogen-bond donors (Lipinski definition) is 2. The van der Waals surface area contributed by atoms with Gasteiger partial charge in [-0.3, -0.25) is 9.59 Å². The lowest BCUT2D eigenvalue weighted by molar-refractivity contribution is -0.118. The van der Waals surface area contributed by atoms with Crippen LogP contribution in [0.5, 0.6) is 5.75 Å². The number of carbonyl (C=O) groups excluding carboxylic acids is 2. The zero-order chi connectivity index (χ0) is 19.9. The third-order valence-electron chi connectivity index (χ3n) is 4.41. The van der Waals surface area contributed by atoms with Crippen LogP contribution in [0.2, 0.25) is 0 Å². The smallest absolute Gasteiger partial charge is 0.262 e. The number of carbonyl (C=O) groups is 2. The molecule has 0 spiro atoms. The summed E-state index contributed by atoms with van der Waals surface area (Å²) in [6, 6.07) is 17.9. The van der Waals surface area contributed by atoms with E-state index in [0.29, 0.717) is 22.7 Å². The van der Waals surface area contributed by atoms with Gasteiger partial charge in [-0.1, -0.05) is 42.5 Å². The van der Waals surface area contributed by atoms with Crippen molar-refractivity contribution in [3.05, 3.63) is 82.0 Å². The molecule has 6 heteroatoms. The van der Waals surface area contributed by atoms with E-state index >= 15 is 0 Å². The largest absolute Gasteiger partial charge is 0.496 e. The first-order valence-corrected chi connectivity index (χ1v) is 9.79. The van der Waals surface area contributed by atoms with Crippen molar-refractivity contribution in [2.24, 2.45) is 0 Å². The van der Waals surface area contributed by atoms with Crippen LogP contribution in [0.25, 0.3) is 0 Å². The summed E-state index contributed by atoms with van der Waals surface area (Å²) in [6.07, 6.45) is 0.396. The van der Waals surface area contributed by atoms with E-state index in [1.54, 1.807) is 13.2 Å². The lowest BCUT2D eigenvalue weighted by atomic mass is 10.0. The molecule has 3 aromatic rings. The van der Waals surface area contributed by atoms with Crippen LogP contribution in [0.3, 0.4) is 0 Å². The third kappa shape index (κ3) is 4.78. The number of methoxy groups -OCH3 is 1. The molecular formula is C22H22N2O3S. The first kappa shape index (κ1) is 19.6. The molecule has 3 rings (SSSR count). The Kier molecular flexibility index (Phi) is 6.45. The molecule has 0 aliphatic heterocycles. The minimum absolute atomic E-state index is 0.256. The van der Waals surface area contributed by atoms with Crippen molar-refractivity contribution in [3.63, 3.8) is 0 Å². The minimum Gasteiger partial charge on any atom is -0.496 e. The highest BCUT2D eigenvalue weighted by Gasteiger charge is 2.23. The van der Waals surface area contributed by atoms with E-state index in [1.165, 1.54) is 11.3 Å². The van der Waals surface area contributed by atoms with Crippen LogP contribution in [-0.4, -0.2) is 25.0 Å². The van der Waals surface area contributed by atoms with Gasteiger partial charge in [0.1, 0.15) is 11.8 Å². The quantitative estimate of drug-likeness (QED) is 0.635. The first-order valence-electron chi connectivity index (χ1n) is 8.91. The number of benzene rings is 2. The molecule has 1 heterocycles. The van der Waals surface area contributed by atoms with Crippen molar-refractivity contribution in [1.29, 1.82) is 0 Å². The Morgan fingerprint density at radius 2 is 1.82 bits per heavy atom. The molecule has 1 aromatic heterocycles. The third-order valence-corrected chi connectivity index (χ3v) is 5.28. The molecule has 2 amide bonds. The molecule has 2 aromatic carbocycles. The average Bonchev–Trinajstić information content (AvgIpc) is 3.25. The Morgan fingerprint density at radius 1 is 1.04 bits per heavy atom. The van der Waals surface area contributed by atoms with Gasteiger partial charge < -0.3 is 15.4 Å². The highest BCUT2D eigenvalue weighted by molar-refractivity contribution is 7.12. The average molecular weight is 394 g/mol. The number of amides is 2. The first-order chi connectivity index (χ1) is 13.6. The van der Waals surface area contributed by atoms with Crippen LogP contribution >= 0.6 is 11.3 Å². The second kappa shape index (κ2) is 9.19. The van der Waals surface area contributed by atoms with E-state index in [0.717, 1.165) is 11.1 Å². The normalized spacial score (nSPS) is 11.5. The number of anilines is 1. The van der Waals surface area contributed by atoms with E-state index in [1.807, 2.05) is 66.9 Å². The van der Waals surface area contributed by atoms with Crippen LogP contribution in [-0.2, 0) is 11.2 Å². The van der Waals surface area contributed by atoms with Gasteiger partial charge in [0.2, 0.25) is 5.91 Å². The summed E-state index contributed by atoms with van der Waals surface area (Å²) in [4.78, 5) is 26.1. The number of nitrogens with one attached hydrogen (secondary N) is 2. The second-order valence-corrected chi connectivity index (χ2v) is 7.26. The monoisotopic (exact) mass is 394 g/mol. The predicted octanol–water partition coefficient (Wildman–Crippen LogP) is 4.04. The van der Waals surface area contributed by atoms with Crippen LogP contribution in [0, 0.1) is 6.92 Å². The summed E-state index contributed by atoms with van der Waals surface area (Å²) in [6.45, 7) is 1.88. The molecule has 144 valence electrons. The molecule has 0 radical (unpaired) electrons. The van der Waals surface area contributed by atoms with Crippen molar-refractivity contribution in [2.75, 3.05) is 12.4 Å². The molecule has 0 aliphatic carbocycles. The molecule has 0 bridgehead atoms. The Labute approximate surface area is 168 Å². The van der Waals surface area contributed by atoms with Crippen LogP contribution in [0.4, 0.5) is 5.69 Å². The summed E-state index contributed by atoms with van der Waals surface area (Å²) in [5.41, 5.74) is 2.46. The maximum Gasteiger partial charge on any atom is 0.262 e. The van der Waals surface area contributed by atoms with Crippen LogP contribution < -0.4 is 15.4 Å². The number of rotatable bonds is 7. The van der Waals surface area contributed by atoms with Gasteiger partial charge in [0, 0.05) is 17.7 Å². The van der Waals surface area contributed by atoms with Crippen molar-refractivity contribution >= 4 is 28.8 Å². The highest BCUT2D eigenvalue weighted by Crippen LogP contribution is 2.25. The molecule has 0 saturated carbocycles. The van der Waals surface area contributed by atoms with Gasteiger partial charge in [0.05, 0.1) is 12.0 Å². The van der Waals surface area contributed by atoms with Crippen LogP contribution in [0.1, 0.15) is 20.8 Å². The van der Waals surface area contributed by atoms with Crippen molar-refractivity contribution in [2.45, 2.75) is 19.4 Å². The summed E-state index contributed by atoms with van der Waals surface area (Å²) < 4.78 is 5.32. The van der Waals surface area contributed by atoms with Gasteiger partial charge in [-0.15, -0.1) is 11.3 Å². The maximum atomic E-state index is 13.0. The van der Waals surface area contributed by atoms with E-state index in [9.17, 15) is 9.59 Å². The molecule has 0 fully saturated rings. The topological polar surface area (TPSA) is 67.4 Å². The summed E-state index contributed by atoms with van der Waals surface area (Å²) in [5.74, 6) is 0.165. The van der Waals surface area contributed by atoms with E-state index in [2.05, 4.69) is 10.6 Å². The van der Waals surface area contributed by atoms with E-state index in [-0.39, 0.29) is 11.8 Å². The van der Waals surface area contributed by atoms with Gasteiger partial charge in [-0.2, -0.15) is 0 Å². The zero-order valence-electron chi connectivity index (χ0n) is 15.8. The fraction of sp³-hybridized carbons (Fsp3) is 0.182. The van der Waals surface area contributed by atoms with Gasteiger partial charge in [-0.25, -0.2) is 0 Å². The zero-order valence-corrected chi connectivity index (χ0v) is 16.6. The number of thiophene rings is 1. The molecule has 0 aliphatic rings. The SMILES string of the molecule is COc1cccc(NC(=O)C(Cc2ccccc2)NC(=O)c2cccs2)c1C. The Hall–Kier alpha value is -3.12. The molecular weight excluding hydrogens is 372 g/mol. The predicted molar refractivity (Wildman–Crippen MR) is 112 cm³/mol. The van der Waals surface area contributed by atoms with E-state index in [4.69, 9.17) is 4.74 Å². The van der Waals surface area contributed by atoms with Crippen molar-refractivity contribution in [1.82, 2.24) is 5.32 Å².